The van der Waals surface area contributed by atoms with Crippen molar-refractivity contribution in [1.29, 1.82) is 0 Å². The van der Waals surface area contributed by atoms with E-state index in [9.17, 15) is 23.3 Å². The second-order valence-electron chi connectivity index (χ2n) is 19.2. The van der Waals surface area contributed by atoms with Crippen LogP contribution in [0.5, 0.6) is 11.5 Å². The lowest BCUT2D eigenvalue weighted by Crippen LogP contribution is -2.47. The summed E-state index contributed by atoms with van der Waals surface area (Å²) in [5.41, 5.74) is 5.95. The Balaban J connectivity index is 0.988. The Kier molecular flexibility index (Phi) is 13.7. The van der Waals surface area contributed by atoms with Crippen molar-refractivity contribution in [2.45, 2.75) is 51.3 Å². The molecule has 1 aliphatic carbocycles. The number of H-pyrrole nitrogens is 1. The molecule has 2 fully saturated rings. The number of fused-ring (bicyclic) bond motifs is 1. The fourth-order valence-electron chi connectivity index (χ4n) is 9.32. The van der Waals surface area contributed by atoms with E-state index in [0.29, 0.717) is 23.4 Å². The molecule has 4 heterocycles. The Labute approximate surface area is 387 Å². The van der Waals surface area contributed by atoms with Gasteiger partial charge in [-0.3, -0.25) is 19.8 Å². The number of benzene rings is 3. The SMILES string of the molecule is C=P1(C)CCN(C[C@@H](C)Cc2ccc(S(=O)(=O)NC(=O)c3ccc(N4CCN(CC5=C(c6ccc(Cl)cc6)CC(C)(C)CC5)CC4)cc3Oc3cnc4[nH]ccc4c3)cc2[N+](=O)[O-])CC1. The van der Waals surface area contributed by atoms with E-state index < -0.39 is 27.7 Å². The highest BCUT2D eigenvalue weighted by atomic mass is 35.5. The molecular formula is C49H59ClN7O6PS. The van der Waals surface area contributed by atoms with E-state index in [0.717, 1.165) is 106 Å². The molecule has 2 aliphatic heterocycles. The first-order valence-corrected chi connectivity index (χ1v) is 27.0. The van der Waals surface area contributed by atoms with Crippen molar-refractivity contribution in [3.63, 3.8) is 0 Å². The first-order chi connectivity index (χ1) is 30.9. The van der Waals surface area contributed by atoms with Gasteiger partial charge in [0.05, 0.1) is 21.6 Å². The number of aromatic amines is 1. The number of carbonyl (C=O) groups excluding carboxylic acids is 1. The molecule has 344 valence electrons. The summed E-state index contributed by atoms with van der Waals surface area (Å²) in [7, 11) is -4.55. The second kappa shape index (κ2) is 19.1. The van der Waals surface area contributed by atoms with Gasteiger partial charge >= 0.3 is 0 Å². The number of rotatable bonds is 14. The molecule has 2 saturated heterocycles. The number of hydrogen-bond acceptors (Lipinski definition) is 10. The number of amides is 1. The van der Waals surface area contributed by atoms with Gasteiger partial charge < -0.3 is 19.5 Å². The standard InChI is InChI=1S/C49H59ClN7O6PS/c1-34(32-55-22-24-64(4,5)25-23-55)26-36-8-12-42(29-45(36)57(59)60)65(61,62)53-48(58)43-13-11-40(28-46(43)63-41-27-37-15-17-51-47(37)52-31-41)56-20-18-54(19-21-56)33-38-14-16-49(2,3)30-44(38)35-6-9-39(50)10-7-35/h6-13,15,17,27-29,31,34H,4,14,16,18-26,30,32-33H2,1-3,5H3,(H,51,52)(H,53,58)/t34-/m0/s1. The summed E-state index contributed by atoms with van der Waals surface area (Å²) in [6.07, 6.45) is 13.5. The number of pyridine rings is 1. The van der Waals surface area contributed by atoms with Crippen LogP contribution < -0.4 is 14.4 Å². The van der Waals surface area contributed by atoms with Gasteiger partial charge in [0.15, 0.2) is 0 Å². The summed E-state index contributed by atoms with van der Waals surface area (Å²) in [5, 5.41) is 13.8. The van der Waals surface area contributed by atoms with E-state index in [1.165, 1.54) is 35.0 Å². The van der Waals surface area contributed by atoms with E-state index in [2.05, 4.69) is 75.3 Å². The van der Waals surface area contributed by atoms with Crippen LogP contribution in [0.1, 0.15) is 61.5 Å². The normalized spacial score (nSPS) is 18.7. The van der Waals surface area contributed by atoms with Crippen LogP contribution in [0.2, 0.25) is 5.02 Å². The predicted octanol–water partition coefficient (Wildman–Crippen LogP) is 9.40. The average molecular weight is 941 g/mol. The third-order valence-electron chi connectivity index (χ3n) is 13.2. The Bertz CT molecular complexity index is 2770. The van der Waals surface area contributed by atoms with Crippen LogP contribution >= 0.6 is 18.5 Å². The number of aromatic nitrogens is 2. The molecule has 16 heteroatoms. The van der Waals surface area contributed by atoms with Crippen molar-refractivity contribution in [2.24, 2.45) is 11.3 Å². The summed E-state index contributed by atoms with van der Waals surface area (Å²) in [6.45, 7) is 14.6. The number of nitrogens with one attached hydrogen (secondary N) is 2. The number of allylic oxidation sites excluding steroid dienone is 1. The molecule has 0 unspecified atom stereocenters. The lowest BCUT2D eigenvalue weighted by Gasteiger charge is -2.39. The average Bonchev–Trinajstić information content (AvgIpc) is 3.73. The molecule has 0 saturated carbocycles. The molecule has 13 nitrogen and oxygen atoms in total. The number of carbonyl (C=O) groups is 1. The smallest absolute Gasteiger partial charge is 0.273 e. The minimum Gasteiger partial charge on any atom is -0.455 e. The van der Waals surface area contributed by atoms with Gasteiger partial charge in [0.25, 0.3) is 21.6 Å². The molecule has 1 amide bonds. The highest BCUT2D eigenvalue weighted by Crippen LogP contribution is 2.44. The third-order valence-corrected chi connectivity index (χ3v) is 17.3. The third kappa shape index (κ3) is 11.4. The van der Waals surface area contributed by atoms with Crippen LogP contribution in [-0.2, 0) is 16.4 Å². The van der Waals surface area contributed by atoms with Gasteiger partial charge in [-0.1, -0.05) is 56.1 Å². The lowest BCUT2D eigenvalue weighted by atomic mass is 9.72. The van der Waals surface area contributed by atoms with E-state index in [4.69, 9.17) is 16.3 Å². The number of piperazine rings is 1. The number of nitro benzene ring substituents is 1. The van der Waals surface area contributed by atoms with Crippen molar-refractivity contribution in [2.75, 3.05) is 76.2 Å². The number of anilines is 1. The monoisotopic (exact) mass is 939 g/mol. The van der Waals surface area contributed by atoms with E-state index >= 15 is 0 Å². The fourth-order valence-corrected chi connectivity index (χ4v) is 12.2. The van der Waals surface area contributed by atoms with E-state index in [1.54, 1.807) is 30.5 Å². The molecule has 5 aromatic rings. The maximum absolute atomic E-state index is 14.0. The quantitative estimate of drug-likeness (QED) is 0.0626. The first-order valence-electron chi connectivity index (χ1n) is 22.4. The zero-order valence-corrected chi connectivity index (χ0v) is 40.2. The molecule has 65 heavy (non-hydrogen) atoms. The Morgan fingerprint density at radius 3 is 2.48 bits per heavy atom. The second-order valence-corrected chi connectivity index (χ2v) is 25.5. The van der Waals surface area contributed by atoms with Gasteiger partial charge in [-0.15, -0.1) is 13.2 Å². The molecule has 3 aliphatic rings. The predicted molar refractivity (Wildman–Crippen MR) is 264 cm³/mol. The van der Waals surface area contributed by atoms with Gasteiger partial charge in [0.1, 0.15) is 17.1 Å². The zero-order valence-electron chi connectivity index (χ0n) is 37.7. The molecule has 2 aromatic heterocycles. The molecule has 0 radical (unpaired) electrons. The molecular weight excluding hydrogens is 881 g/mol. The van der Waals surface area contributed by atoms with E-state index in [1.807, 2.05) is 18.2 Å². The van der Waals surface area contributed by atoms with E-state index in [-0.39, 0.29) is 33.2 Å². The number of hydrogen-bond donors (Lipinski definition) is 2. The topological polar surface area (TPSA) is 154 Å². The van der Waals surface area contributed by atoms with Crippen molar-refractivity contribution >= 4 is 68.7 Å². The molecule has 8 rings (SSSR count). The molecule has 2 N–H and O–H groups in total. The van der Waals surface area contributed by atoms with Crippen molar-refractivity contribution in [3.8, 4) is 11.5 Å². The summed E-state index contributed by atoms with van der Waals surface area (Å²) < 4.78 is 36.2. The summed E-state index contributed by atoms with van der Waals surface area (Å²) in [5.74, 6) is -0.333. The van der Waals surface area contributed by atoms with Crippen molar-refractivity contribution < 1.29 is 22.9 Å². The van der Waals surface area contributed by atoms with Crippen LogP contribution in [0.4, 0.5) is 11.4 Å². The minimum absolute atomic E-state index is 0.0222. The summed E-state index contributed by atoms with van der Waals surface area (Å²) in [4.78, 5) is 40.0. The van der Waals surface area contributed by atoms with Crippen LogP contribution in [0, 0.1) is 21.4 Å². The maximum Gasteiger partial charge on any atom is 0.273 e. The number of ether oxygens (including phenoxy) is 1. The number of sulfonamides is 1. The Morgan fingerprint density at radius 2 is 1.75 bits per heavy atom. The molecule has 3 aromatic carbocycles. The van der Waals surface area contributed by atoms with Crippen LogP contribution in [0.25, 0.3) is 16.6 Å². The van der Waals surface area contributed by atoms with Crippen LogP contribution in [0.3, 0.4) is 0 Å². The Hall–Kier alpha value is -4.98. The number of nitro groups is 1. The highest BCUT2D eigenvalue weighted by Gasteiger charge is 2.31. The van der Waals surface area contributed by atoms with Gasteiger partial charge in [-0.25, -0.2) is 18.1 Å². The van der Waals surface area contributed by atoms with Crippen molar-refractivity contribution in [3.05, 3.63) is 123 Å². The van der Waals surface area contributed by atoms with Crippen LogP contribution in [-0.4, -0.2) is 117 Å². The van der Waals surface area contributed by atoms with Crippen molar-refractivity contribution in [1.82, 2.24) is 24.5 Å². The molecule has 0 bridgehead atoms. The fraction of sp³-hybridized carbons (Fsp3) is 0.408. The maximum atomic E-state index is 14.0. The Morgan fingerprint density at radius 1 is 1.02 bits per heavy atom. The number of nitrogens with zero attached hydrogens (tertiary/aromatic N) is 5. The molecule has 1 atom stereocenters. The summed E-state index contributed by atoms with van der Waals surface area (Å²) in [6, 6.07) is 20.8. The summed E-state index contributed by atoms with van der Waals surface area (Å²) >= 11 is 6.25. The van der Waals surface area contributed by atoms with Gasteiger partial charge in [0.2, 0.25) is 0 Å². The van der Waals surface area contributed by atoms with Crippen LogP contribution in [0.15, 0.2) is 95.7 Å². The lowest BCUT2D eigenvalue weighted by molar-refractivity contribution is -0.385. The largest absolute Gasteiger partial charge is 0.455 e. The minimum atomic E-state index is -4.55. The van der Waals surface area contributed by atoms with Gasteiger partial charge in [-0.2, -0.15) is 0 Å². The van der Waals surface area contributed by atoms with Gasteiger partial charge in [0, 0.05) is 92.3 Å². The zero-order chi connectivity index (χ0) is 46.1. The molecule has 0 spiro atoms. The highest BCUT2D eigenvalue weighted by molar-refractivity contribution is 7.90. The first kappa shape index (κ1) is 46.5. The number of halogens is 1. The van der Waals surface area contributed by atoms with Gasteiger partial charge in [-0.05, 0) is 110 Å².